The molecule has 16 heavy (non-hydrogen) atoms. The molecule has 5 heteroatoms. The molecular formula is C11H21N5. The van der Waals surface area contributed by atoms with Gasteiger partial charge in [0.05, 0.1) is 12.2 Å². The number of hydrogen-bond donors (Lipinski definition) is 2. The molecule has 0 aliphatic heterocycles. The second kappa shape index (κ2) is 5.01. The van der Waals surface area contributed by atoms with Crippen LogP contribution in [0.25, 0.3) is 0 Å². The molecule has 0 saturated heterocycles. The third kappa shape index (κ3) is 2.98. The summed E-state index contributed by atoms with van der Waals surface area (Å²) in [6.07, 6.45) is 0. The molecule has 1 rings (SSSR count). The first-order valence-corrected chi connectivity index (χ1v) is 5.47. The summed E-state index contributed by atoms with van der Waals surface area (Å²) in [5, 5.41) is 7.39. The van der Waals surface area contributed by atoms with E-state index in [2.05, 4.69) is 15.4 Å². The number of guanidine groups is 1. The Hall–Kier alpha value is -1.52. The van der Waals surface area contributed by atoms with E-state index in [9.17, 15) is 0 Å². The smallest absolute Gasteiger partial charge is 0.189 e. The Morgan fingerprint density at radius 3 is 2.56 bits per heavy atom. The van der Waals surface area contributed by atoms with Gasteiger partial charge in [0.25, 0.3) is 0 Å². The lowest BCUT2D eigenvalue weighted by molar-refractivity contribution is 0.722. The van der Waals surface area contributed by atoms with Crippen LogP contribution in [0, 0.1) is 13.8 Å². The van der Waals surface area contributed by atoms with Gasteiger partial charge in [-0.3, -0.25) is 4.68 Å². The predicted molar refractivity (Wildman–Crippen MR) is 66.3 cm³/mol. The van der Waals surface area contributed by atoms with Crippen LogP contribution in [0.5, 0.6) is 0 Å². The number of hydrogen-bond acceptors (Lipinski definition) is 2. The molecule has 5 nitrogen and oxygen atoms in total. The van der Waals surface area contributed by atoms with Crippen LogP contribution in [-0.4, -0.2) is 21.8 Å². The van der Waals surface area contributed by atoms with Gasteiger partial charge in [0, 0.05) is 24.3 Å². The lowest BCUT2D eigenvalue weighted by Gasteiger charge is -2.08. The summed E-state index contributed by atoms with van der Waals surface area (Å²) in [5.74, 6) is 0.484. The molecule has 90 valence electrons. The molecule has 1 aromatic rings. The van der Waals surface area contributed by atoms with E-state index in [-0.39, 0.29) is 0 Å². The van der Waals surface area contributed by atoms with Gasteiger partial charge in [-0.2, -0.15) is 5.10 Å². The largest absolute Gasteiger partial charge is 0.370 e. The highest BCUT2D eigenvalue weighted by atomic mass is 15.3. The average Bonchev–Trinajstić information content (AvgIpc) is 2.38. The predicted octanol–water partition coefficient (Wildman–Crippen LogP) is 0.850. The molecule has 0 spiro atoms. The first-order valence-electron chi connectivity index (χ1n) is 5.47. The third-order valence-corrected chi connectivity index (χ3v) is 2.50. The number of nitrogens with zero attached hydrogens (tertiary/aromatic N) is 3. The molecule has 1 heterocycles. The minimum atomic E-state index is 0.305. The molecule has 0 aliphatic carbocycles. The fraction of sp³-hybridized carbons (Fsp3) is 0.636. The lowest BCUT2D eigenvalue weighted by atomic mass is 10.2. The normalized spacial score (nSPS) is 12.2. The number of nitrogens with two attached hydrogens (primary N) is 1. The molecule has 0 saturated carbocycles. The Balaban J connectivity index is 2.74. The number of aryl methyl sites for hydroxylation is 2. The van der Waals surface area contributed by atoms with Crippen LogP contribution in [0.2, 0.25) is 0 Å². The summed E-state index contributed by atoms with van der Waals surface area (Å²) < 4.78 is 1.87. The zero-order chi connectivity index (χ0) is 12.3. The van der Waals surface area contributed by atoms with Crippen LogP contribution in [0.4, 0.5) is 0 Å². The molecule has 0 aliphatic rings. The van der Waals surface area contributed by atoms with E-state index in [1.807, 2.05) is 39.4 Å². The summed E-state index contributed by atoms with van der Waals surface area (Å²) in [5.41, 5.74) is 9.04. The third-order valence-electron chi connectivity index (χ3n) is 2.50. The highest BCUT2D eigenvalue weighted by molar-refractivity contribution is 5.78. The maximum atomic E-state index is 5.74. The van der Waals surface area contributed by atoms with Crippen LogP contribution < -0.4 is 11.1 Å². The van der Waals surface area contributed by atoms with Gasteiger partial charge >= 0.3 is 0 Å². The summed E-state index contributed by atoms with van der Waals surface area (Å²) in [6, 6.07) is 0.305. The topological polar surface area (TPSA) is 68.2 Å². The van der Waals surface area contributed by atoms with Crippen molar-refractivity contribution in [3.05, 3.63) is 17.0 Å². The summed E-state index contributed by atoms with van der Waals surface area (Å²) in [6.45, 7) is 8.67. The SMILES string of the molecule is Cc1nn(C)c(C)c1CN=C(N)NC(C)C. The molecule has 0 amide bonds. The standard InChI is InChI=1S/C11H21N5/c1-7(2)14-11(12)13-6-10-8(3)15-16(5)9(10)4/h7H,6H2,1-5H3,(H3,12,13,14). The van der Waals surface area contributed by atoms with Crippen LogP contribution in [0.15, 0.2) is 4.99 Å². The Bertz CT molecular complexity index is 389. The highest BCUT2D eigenvalue weighted by Gasteiger charge is 2.08. The molecule has 0 unspecified atom stereocenters. The van der Waals surface area contributed by atoms with E-state index in [1.165, 1.54) is 0 Å². The Morgan fingerprint density at radius 1 is 1.50 bits per heavy atom. The highest BCUT2D eigenvalue weighted by Crippen LogP contribution is 2.12. The number of nitrogens with one attached hydrogen (secondary N) is 1. The minimum absolute atomic E-state index is 0.305. The molecule has 3 N–H and O–H groups in total. The van der Waals surface area contributed by atoms with Gasteiger partial charge < -0.3 is 11.1 Å². The first kappa shape index (κ1) is 12.5. The van der Waals surface area contributed by atoms with Crippen molar-refractivity contribution in [3.63, 3.8) is 0 Å². The molecule has 0 atom stereocenters. The van der Waals surface area contributed by atoms with Crippen LogP contribution in [0.1, 0.15) is 30.8 Å². The molecular weight excluding hydrogens is 202 g/mol. The fourth-order valence-electron chi connectivity index (χ4n) is 1.55. The maximum absolute atomic E-state index is 5.74. The van der Waals surface area contributed by atoms with Gasteiger partial charge in [-0.15, -0.1) is 0 Å². The van der Waals surface area contributed by atoms with Gasteiger partial charge in [0.1, 0.15) is 0 Å². The van der Waals surface area contributed by atoms with E-state index in [4.69, 9.17) is 5.73 Å². The Kier molecular flexibility index (Phi) is 3.93. The summed E-state index contributed by atoms with van der Waals surface area (Å²) in [7, 11) is 1.94. The second-order valence-electron chi connectivity index (χ2n) is 4.27. The van der Waals surface area contributed by atoms with Crippen molar-refractivity contribution in [2.45, 2.75) is 40.3 Å². The van der Waals surface area contributed by atoms with Crippen molar-refractivity contribution in [2.75, 3.05) is 0 Å². The van der Waals surface area contributed by atoms with E-state index in [1.54, 1.807) is 0 Å². The quantitative estimate of drug-likeness (QED) is 0.589. The van der Waals surface area contributed by atoms with Crippen molar-refractivity contribution in [1.82, 2.24) is 15.1 Å². The van der Waals surface area contributed by atoms with Crippen molar-refractivity contribution in [3.8, 4) is 0 Å². The first-order chi connectivity index (χ1) is 7.41. The zero-order valence-electron chi connectivity index (χ0n) is 10.7. The second-order valence-corrected chi connectivity index (χ2v) is 4.27. The van der Waals surface area contributed by atoms with Gasteiger partial charge in [-0.25, -0.2) is 4.99 Å². The maximum Gasteiger partial charge on any atom is 0.189 e. The van der Waals surface area contributed by atoms with Gasteiger partial charge in [-0.1, -0.05) is 0 Å². The minimum Gasteiger partial charge on any atom is -0.370 e. The van der Waals surface area contributed by atoms with Crippen LogP contribution in [0.3, 0.4) is 0 Å². The number of aromatic nitrogens is 2. The molecule has 0 fully saturated rings. The summed E-state index contributed by atoms with van der Waals surface area (Å²) in [4.78, 5) is 4.30. The number of aliphatic imine (C=N–C) groups is 1. The molecule has 0 bridgehead atoms. The zero-order valence-corrected chi connectivity index (χ0v) is 10.7. The van der Waals surface area contributed by atoms with E-state index < -0.39 is 0 Å². The van der Waals surface area contributed by atoms with Gasteiger partial charge in [0.15, 0.2) is 5.96 Å². The van der Waals surface area contributed by atoms with E-state index >= 15 is 0 Å². The van der Waals surface area contributed by atoms with Crippen molar-refractivity contribution in [1.29, 1.82) is 0 Å². The van der Waals surface area contributed by atoms with Crippen LogP contribution >= 0.6 is 0 Å². The Labute approximate surface area is 96.7 Å². The number of rotatable bonds is 3. The van der Waals surface area contributed by atoms with Crippen molar-refractivity contribution < 1.29 is 0 Å². The average molecular weight is 223 g/mol. The van der Waals surface area contributed by atoms with Gasteiger partial charge in [0.2, 0.25) is 0 Å². The molecule has 1 aromatic heterocycles. The fourth-order valence-corrected chi connectivity index (χ4v) is 1.55. The van der Waals surface area contributed by atoms with E-state index in [0.717, 1.165) is 17.0 Å². The molecule has 0 aromatic carbocycles. The van der Waals surface area contributed by atoms with Crippen molar-refractivity contribution in [2.24, 2.45) is 17.8 Å². The Morgan fingerprint density at radius 2 is 2.12 bits per heavy atom. The summed E-state index contributed by atoms with van der Waals surface area (Å²) >= 11 is 0. The van der Waals surface area contributed by atoms with Gasteiger partial charge in [-0.05, 0) is 27.7 Å². The molecule has 0 radical (unpaired) electrons. The lowest BCUT2D eigenvalue weighted by Crippen LogP contribution is -2.36. The monoisotopic (exact) mass is 223 g/mol. The van der Waals surface area contributed by atoms with Crippen LogP contribution in [-0.2, 0) is 13.6 Å². The van der Waals surface area contributed by atoms with Crippen molar-refractivity contribution >= 4 is 5.96 Å². The van der Waals surface area contributed by atoms with E-state index in [0.29, 0.717) is 18.5 Å².